The maximum absolute atomic E-state index is 12.2. The van der Waals surface area contributed by atoms with Crippen molar-refractivity contribution in [1.82, 2.24) is 14.8 Å². The molecule has 0 N–H and O–H groups in total. The van der Waals surface area contributed by atoms with Gasteiger partial charge in [-0.25, -0.2) is 0 Å². The first-order valence-corrected chi connectivity index (χ1v) is 8.38. The third-order valence-electron chi connectivity index (χ3n) is 3.37. The molecule has 2 aromatic carbocycles. The van der Waals surface area contributed by atoms with Crippen LogP contribution in [0.25, 0.3) is 11.4 Å². The average molecular weight is 344 g/mol. The molecule has 0 aliphatic rings. The highest BCUT2D eigenvalue weighted by Gasteiger charge is 2.13. The van der Waals surface area contributed by atoms with E-state index in [1.165, 1.54) is 11.8 Å². The molecule has 6 heteroatoms. The van der Waals surface area contributed by atoms with E-state index in [0.717, 1.165) is 11.4 Å². The van der Waals surface area contributed by atoms with Crippen LogP contribution in [0.3, 0.4) is 0 Å². The van der Waals surface area contributed by atoms with Gasteiger partial charge in [0.1, 0.15) is 0 Å². The Labute approximate surface area is 143 Å². The van der Waals surface area contributed by atoms with E-state index in [-0.39, 0.29) is 5.78 Å². The van der Waals surface area contributed by atoms with Gasteiger partial charge in [0.2, 0.25) is 0 Å². The van der Waals surface area contributed by atoms with Gasteiger partial charge in [-0.15, -0.1) is 10.2 Å². The van der Waals surface area contributed by atoms with Crippen LogP contribution in [-0.2, 0) is 7.05 Å². The van der Waals surface area contributed by atoms with Crippen molar-refractivity contribution in [2.45, 2.75) is 5.16 Å². The molecule has 0 radical (unpaired) electrons. The molecule has 0 saturated carbocycles. The van der Waals surface area contributed by atoms with Gasteiger partial charge in [-0.3, -0.25) is 4.79 Å². The van der Waals surface area contributed by atoms with Crippen molar-refractivity contribution >= 4 is 29.1 Å². The summed E-state index contributed by atoms with van der Waals surface area (Å²) in [5.74, 6) is 1.13. The Morgan fingerprint density at radius 1 is 1.09 bits per heavy atom. The van der Waals surface area contributed by atoms with Crippen LogP contribution in [0, 0.1) is 0 Å². The van der Waals surface area contributed by atoms with Gasteiger partial charge >= 0.3 is 0 Å². The lowest BCUT2D eigenvalue weighted by atomic mass is 10.1. The Balaban J connectivity index is 1.71. The SMILES string of the molecule is Cn1c(SCC(=O)c2ccc(Cl)cc2)nnc1-c1ccccc1. The van der Waals surface area contributed by atoms with Gasteiger partial charge in [-0.05, 0) is 24.3 Å². The number of rotatable bonds is 5. The van der Waals surface area contributed by atoms with E-state index in [4.69, 9.17) is 11.6 Å². The van der Waals surface area contributed by atoms with Gasteiger partial charge in [-0.2, -0.15) is 0 Å². The lowest BCUT2D eigenvalue weighted by Crippen LogP contribution is -2.03. The smallest absolute Gasteiger partial charge is 0.191 e. The first-order chi connectivity index (χ1) is 11.1. The number of hydrogen-bond donors (Lipinski definition) is 0. The second-order valence-electron chi connectivity index (χ2n) is 4.95. The van der Waals surface area contributed by atoms with Crippen molar-refractivity contribution in [3.63, 3.8) is 0 Å². The number of ketones is 1. The molecule has 4 nitrogen and oxygen atoms in total. The largest absolute Gasteiger partial charge is 0.305 e. The van der Waals surface area contributed by atoms with Crippen molar-refractivity contribution in [3.05, 3.63) is 65.2 Å². The monoisotopic (exact) mass is 343 g/mol. The number of Topliss-reactive ketones (excluding diaryl/α,β-unsaturated/α-hetero) is 1. The number of carbonyl (C=O) groups is 1. The zero-order valence-corrected chi connectivity index (χ0v) is 14.0. The van der Waals surface area contributed by atoms with Gasteiger partial charge in [0.25, 0.3) is 0 Å². The third kappa shape index (κ3) is 3.63. The lowest BCUT2D eigenvalue weighted by Gasteiger charge is -2.04. The molecule has 0 bridgehead atoms. The predicted molar refractivity (Wildman–Crippen MR) is 92.9 cm³/mol. The number of benzene rings is 2. The van der Waals surface area contributed by atoms with Crippen LogP contribution in [0.4, 0.5) is 0 Å². The van der Waals surface area contributed by atoms with Gasteiger partial charge < -0.3 is 4.57 Å². The minimum atomic E-state index is 0.0379. The maximum atomic E-state index is 12.2. The summed E-state index contributed by atoms with van der Waals surface area (Å²) >= 11 is 7.21. The van der Waals surface area contributed by atoms with E-state index in [9.17, 15) is 4.79 Å². The van der Waals surface area contributed by atoms with Crippen LogP contribution in [0.5, 0.6) is 0 Å². The fourth-order valence-electron chi connectivity index (χ4n) is 2.13. The van der Waals surface area contributed by atoms with Gasteiger partial charge in [0.15, 0.2) is 16.8 Å². The van der Waals surface area contributed by atoms with Crippen LogP contribution >= 0.6 is 23.4 Å². The second-order valence-corrected chi connectivity index (χ2v) is 6.33. The molecule has 0 saturated heterocycles. The maximum Gasteiger partial charge on any atom is 0.191 e. The molecular formula is C17H14ClN3OS. The topological polar surface area (TPSA) is 47.8 Å². The van der Waals surface area contributed by atoms with Crippen molar-refractivity contribution in [2.75, 3.05) is 5.75 Å². The second kappa shape index (κ2) is 6.98. The standard InChI is InChI=1S/C17H14ClN3OS/c1-21-16(13-5-3-2-4-6-13)19-20-17(21)23-11-15(22)12-7-9-14(18)10-8-12/h2-10H,11H2,1H3. The number of nitrogens with zero attached hydrogens (tertiary/aromatic N) is 3. The number of aromatic nitrogens is 3. The molecule has 0 atom stereocenters. The van der Waals surface area contributed by atoms with Crippen LogP contribution in [0.15, 0.2) is 59.8 Å². The first kappa shape index (κ1) is 15.8. The third-order valence-corrected chi connectivity index (χ3v) is 4.64. The summed E-state index contributed by atoms with van der Waals surface area (Å²) < 4.78 is 1.90. The summed E-state index contributed by atoms with van der Waals surface area (Å²) in [5.41, 5.74) is 1.64. The number of halogens is 1. The van der Waals surface area contributed by atoms with E-state index >= 15 is 0 Å². The molecular weight excluding hydrogens is 330 g/mol. The van der Waals surface area contributed by atoms with Gasteiger partial charge in [0, 0.05) is 23.2 Å². The Hall–Kier alpha value is -2.11. The summed E-state index contributed by atoms with van der Waals surface area (Å²) in [7, 11) is 1.90. The highest BCUT2D eigenvalue weighted by Crippen LogP contribution is 2.23. The Kier molecular flexibility index (Phi) is 4.79. The first-order valence-electron chi connectivity index (χ1n) is 7.01. The predicted octanol–water partition coefficient (Wildman–Crippen LogP) is 4.11. The van der Waals surface area contributed by atoms with Gasteiger partial charge in [0.05, 0.1) is 5.75 Å². The highest BCUT2D eigenvalue weighted by atomic mass is 35.5. The Bertz CT molecular complexity index is 816. The summed E-state index contributed by atoms with van der Waals surface area (Å²) in [6.45, 7) is 0. The molecule has 0 aliphatic carbocycles. The van der Waals surface area contributed by atoms with E-state index < -0.39 is 0 Å². The molecule has 0 amide bonds. The molecule has 0 aliphatic heterocycles. The number of carbonyl (C=O) groups excluding carboxylic acids is 1. The normalized spacial score (nSPS) is 10.7. The Morgan fingerprint density at radius 2 is 1.78 bits per heavy atom. The van der Waals surface area contributed by atoms with Crippen molar-refractivity contribution in [1.29, 1.82) is 0 Å². The quantitative estimate of drug-likeness (QED) is 0.516. The summed E-state index contributed by atoms with van der Waals surface area (Å²) in [6.07, 6.45) is 0. The van der Waals surface area contributed by atoms with Crippen LogP contribution in [-0.4, -0.2) is 26.3 Å². The fraction of sp³-hybridized carbons (Fsp3) is 0.118. The average Bonchev–Trinajstić information content (AvgIpc) is 2.95. The molecule has 0 unspecified atom stereocenters. The number of thioether (sulfide) groups is 1. The van der Waals surface area contributed by atoms with Crippen molar-refractivity contribution in [2.24, 2.45) is 7.05 Å². The van der Waals surface area contributed by atoms with E-state index in [2.05, 4.69) is 10.2 Å². The minimum Gasteiger partial charge on any atom is -0.305 e. The van der Waals surface area contributed by atoms with Gasteiger partial charge in [-0.1, -0.05) is 53.7 Å². The summed E-state index contributed by atoms with van der Waals surface area (Å²) in [4.78, 5) is 12.2. The van der Waals surface area contributed by atoms with E-state index in [0.29, 0.717) is 21.5 Å². The molecule has 3 aromatic rings. The van der Waals surface area contributed by atoms with E-state index in [1.54, 1.807) is 24.3 Å². The number of hydrogen-bond acceptors (Lipinski definition) is 4. The van der Waals surface area contributed by atoms with Crippen LogP contribution in [0.2, 0.25) is 5.02 Å². The summed E-state index contributed by atoms with van der Waals surface area (Å²) in [5, 5.41) is 9.72. The van der Waals surface area contributed by atoms with Crippen LogP contribution < -0.4 is 0 Å². The molecule has 3 rings (SSSR count). The highest BCUT2D eigenvalue weighted by molar-refractivity contribution is 7.99. The van der Waals surface area contributed by atoms with Crippen molar-refractivity contribution < 1.29 is 4.79 Å². The zero-order chi connectivity index (χ0) is 16.2. The molecule has 1 aromatic heterocycles. The van der Waals surface area contributed by atoms with E-state index in [1.807, 2.05) is 41.9 Å². The molecule has 23 heavy (non-hydrogen) atoms. The Morgan fingerprint density at radius 3 is 2.48 bits per heavy atom. The summed E-state index contributed by atoms with van der Waals surface area (Å²) in [6, 6.07) is 16.7. The minimum absolute atomic E-state index is 0.0379. The fourth-order valence-corrected chi connectivity index (χ4v) is 3.06. The lowest BCUT2D eigenvalue weighted by molar-refractivity contribution is 0.102. The van der Waals surface area contributed by atoms with Crippen LogP contribution in [0.1, 0.15) is 10.4 Å². The molecule has 0 fully saturated rings. The van der Waals surface area contributed by atoms with Crippen molar-refractivity contribution in [3.8, 4) is 11.4 Å². The molecule has 1 heterocycles. The zero-order valence-electron chi connectivity index (χ0n) is 12.4. The molecule has 0 spiro atoms. The molecule has 116 valence electrons.